The van der Waals surface area contributed by atoms with Gasteiger partial charge >= 0.3 is 0 Å². The smallest absolute Gasteiger partial charge is 0.137 e. The summed E-state index contributed by atoms with van der Waals surface area (Å²) in [6.45, 7) is 8.23. The maximum atomic E-state index is 9.01. The van der Waals surface area contributed by atoms with Gasteiger partial charge in [-0.05, 0) is 49.9 Å². The number of nitriles is 1. The average molecular weight is 259 g/mol. The Labute approximate surface area is 112 Å². The van der Waals surface area contributed by atoms with Crippen molar-refractivity contribution in [3.8, 4) is 17.2 Å². The molecule has 0 unspecified atom stereocenters. The Morgan fingerprint density at radius 2 is 1.78 bits per heavy atom. The van der Waals surface area contributed by atoms with Crippen molar-refractivity contribution >= 4 is 11.6 Å². The number of rotatable bonds is 1. The molecule has 2 nitrogen and oxygen atoms in total. The molecule has 0 aliphatic carbocycles. The van der Waals surface area contributed by atoms with Gasteiger partial charge in [0.15, 0.2) is 0 Å². The van der Waals surface area contributed by atoms with Crippen LogP contribution in [-0.4, -0.2) is 4.98 Å². The van der Waals surface area contributed by atoms with E-state index in [2.05, 4.69) is 44.0 Å². The van der Waals surface area contributed by atoms with Crippen molar-refractivity contribution in [3.63, 3.8) is 0 Å². The summed E-state index contributed by atoms with van der Waals surface area (Å²) >= 11 is 6.27. The molecule has 0 bridgehead atoms. The Hall–Kier alpha value is -1.72. The van der Waals surface area contributed by atoms with E-state index in [9.17, 15) is 0 Å². The number of hydrogen-bond acceptors (Lipinski definition) is 1. The van der Waals surface area contributed by atoms with Gasteiger partial charge in [0.2, 0.25) is 0 Å². The maximum Gasteiger partial charge on any atom is 0.137 e. The van der Waals surface area contributed by atoms with Crippen LogP contribution < -0.4 is 0 Å². The number of benzene rings is 1. The molecule has 2 aromatic rings. The van der Waals surface area contributed by atoms with E-state index >= 15 is 0 Å². The highest BCUT2D eigenvalue weighted by Crippen LogP contribution is 2.36. The quantitative estimate of drug-likeness (QED) is 0.807. The zero-order valence-corrected chi connectivity index (χ0v) is 11.7. The lowest BCUT2D eigenvalue weighted by molar-refractivity contribution is 1.22. The van der Waals surface area contributed by atoms with Crippen LogP contribution in [0.25, 0.3) is 11.1 Å². The Morgan fingerprint density at radius 3 is 2.33 bits per heavy atom. The summed E-state index contributed by atoms with van der Waals surface area (Å²) in [6, 6.07) is 6.24. The van der Waals surface area contributed by atoms with E-state index in [4.69, 9.17) is 16.9 Å². The fourth-order valence-electron chi connectivity index (χ4n) is 2.22. The molecule has 92 valence electrons. The number of H-pyrrole nitrogens is 1. The summed E-state index contributed by atoms with van der Waals surface area (Å²) in [5, 5.41) is 9.52. The Kier molecular flexibility index (Phi) is 3.19. The lowest BCUT2D eigenvalue weighted by Gasteiger charge is -2.11. The lowest BCUT2D eigenvalue weighted by atomic mass is 9.94. The van der Waals surface area contributed by atoms with Crippen molar-refractivity contribution < 1.29 is 0 Å². The summed E-state index contributed by atoms with van der Waals surface area (Å²) in [7, 11) is 0. The standard InChI is InChI=1S/C15H15ClN2/c1-8-5-6-12(10(3)9(8)2)14-11(4)18-13(7-17)15(14)16/h5-6,18H,1-4H3. The molecule has 1 aromatic heterocycles. The molecule has 0 aliphatic heterocycles. The van der Waals surface area contributed by atoms with E-state index in [1.807, 2.05) is 6.92 Å². The molecule has 0 amide bonds. The van der Waals surface area contributed by atoms with E-state index in [1.165, 1.54) is 16.7 Å². The molecule has 1 N–H and O–H groups in total. The summed E-state index contributed by atoms with van der Waals surface area (Å²) in [5.41, 5.74) is 7.14. The van der Waals surface area contributed by atoms with Gasteiger partial charge in [0.05, 0.1) is 5.02 Å². The maximum absolute atomic E-state index is 9.01. The van der Waals surface area contributed by atoms with E-state index in [-0.39, 0.29) is 0 Å². The van der Waals surface area contributed by atoms with Crippen molar-refractivity contribution in [1.82, 2.24) is 4.98 Å². The van der Waals surface area contributed by atoms with E-state index in [0.717, 1.165) is 16.8 Å². The van der Waals surface area contributed by atoms with Crippen LogP contribution in [0.15, 0.2) is 12.1 Å². The van der Waals surface area contributed by atoms with E-state index < -0.39 is 0 Å². The predicted octanol–water partition coefficient (Wildman–Crippen LogP) is 4.44. The van der Waals surface area contributed by atoms with Crippen LogP contribution in [0.4, 0.5) is 0 Å². The molecule has 1 aromatic carbocycles. The number of aromatic nitrogens is 1. The molecule has 0 atom stereocenters. The van der Waals surface area contributed by atoms with E-state index in [1.54, 1.807) is 0 Å². The van der Waals surface area contributed by atoms with E-state index in [0.29, 0.717) is 10.7 Å². The summed E-state index contributed by atoms with van der Waals surface area (Å²) < 4.78 is 0. The third-order valence-electron chi connectivity index (χ3n) is 3.57. The van der Waals surface area contributed by atoms with Gasteiger partial charge in [-0.2, -0.15) is 5.26 Å². The second-order valence-corrected chi connectivity index (χ2v) is 4.98. The largest absolute Gasteiger partial charge is 0.349 e. The van der Waals surface area contributed by atoms with Crippen LogP contribution in [-0.2, 0) is 0 Å². The molecular weight excluding hydrogens is 244 g/mol. The fourth-order valence-corrected chi connectivity index (χ4v) is 2.55. The lowest BCUT2D eigenvalue weighted by Crippen LogP contribution is -1.91. The van der Waals surface area contributed by atoms with Crippen molar-refractivity contribution in [1.29, 1.82) is 5.26 Å². The van der Waals surface area contributed by atoms with Gasteiger partial charge < -0.3 is 4.98 Å². The first-order valence-corrected chi connectivity index (χ1v) is 6.20. The first-order chi connectivity index (χ1) is 8.47. The monoisotopic (exact) mass is 258 g/mol. The second kappa shape index (κ2) is 4.51. The van der Waals surface area contributed by atoms with Crippen LogP contribution in [0.2, 0.25) is 5.02 Å². The zero-order chi connectivity index (χ0) is 13.4. The van der Waals surface area contributed by atoms with Crippen molar-refractivity contribution in [2.24, 2.45) is 0 Å². The Balaban J connectivity index is 2.75. The molecule has 0 spiro atoms. The van der Waals surface area contributed by atoms with Gasteiger partial charge in [-0.3, -0.25) is 0 Å². The summed E-state index contributed by atoms with van der Waals surface area (Å²) in [4.78, 5) is 3.03. The highest BCUT2D eigenvalue weighted by atomic mass is 35.5. The van der Waals surface area contributed by atoms with Crippen molar-refractivity contribution in [2.75, 3.05) is 0 Å². The van der Waals surface area contributed by atoms with Gasteiger partial charge in [0, 0.05) is 11.3 Å². The minimum atomic E-state index is 0.432. The first kappa shape index (κ1) is 12.7. The molecule has 0 radical (unpaired) electrons. The molecule has 0 saturated carbocycles. The summed E-state index contributed by atoms with van der Waals surface area (Å²) in [5.74, 6) is 0. The van der Waals surface area contributed by atoms with Gasteiger partial charge in [-0.25, -0.2) is 0 Å². The average Bonchev–Trinajstić information content (AvgIpc) is 2.63. The van der Waals surface area contributed by atoms with Gasteiger partial charge in [-0.1, -0.05) is 23.7 Å². The first-order valence-electron chi connectivity index (χ1n) is 5.82. The fraction of sp³-hybridized carbons (Fsp3) is 0.267. The number of aryl methyl sites for hydroxylation is 2. The number of halogens is 1. The summed E-state index contributed by atoms with van der Waals surface area (Å²) in [6.07, 6.45) is 0. The highest BCUT2D eigenvalue weighted by molar-refractivity contribution is 6.34. The number of aromatic amines is 1. The molecule has 0 saturated heterocycles. The molecule has 1 heterocycles. The van der Waals surface area contributed by atoms with Crippen LogP contribution in [0, 0.1) is 39.0 Å². The number of nitrogens with one attached hydrogen (secondary N) is 1. The Morgan fingerprint density at radius 1 is 1.11 bits per heavy atom. The van der Waals surface area contributed by atoms with Gasteiger partial charge in [0.25, 0.3) is 0 Å². The molecule has 0 aliphatic rings. The minimum absolute atomic E-state index is 0.432. The van der Waals surface area contributed by atoms with Crippen LogP contribution in [0.3, 0.4) is 0 Å². The van der Waals surface area contributed by atoms with Crippen LogP contribution in [0.1, 0.15) is 28.1 Å². The van der Waals surface area contributed by atoms with Crippen LogP contribution in [0.5, 0.6) is 0 Å². The van der Waals surface area contributed by atoms with Crippen LogP contribution >= 0.6 is 11.6 Å². The zero-order valence-electron chi connectivity index (χ0n) is 11.0. The van der Waals surface area contributed by atoms with Gasteiger partial charge in [-0.15, -0.1) is 0 Å². The van der Waals surface area contributed by atoms with Crippen molar-refractivity contribution in [2.45, 2.75) is 27.7 Å². The SMILES string of the molecule is Cc1ccc(-c2c(C)[nH]c(C#N)c2Cl)c(C)c1C. The second-order valence-electron chi connectivity index (χ2n) is 4.61. The third kappa shape index (κ3) is 1.81. The molecule has 0 fully saturated rings. The molecule has 2 rings (SSSR count). The molecular formula is C15H15ClN2. The Bertz CT molecular complexity index is 660. The predicted molar refractivity (Wildman–Crippen MR) is 74.9 cm³/mol. The molecule has 3 heteroatoms. The van der Waals surface area contributed by atoms with Crippen molar-refractivity contribution in [3.05, 3.63) is 45.2 Å². The van der Waals surface area contributed by atoms with Gasteiger partial charge in [0.1, 0.15) is 11.8 Å². The number of nitrogens with zero attached hydrogens (tertiary/aromatic N) is 1. The third-order valence-corrected chi connectivity index (χ3v) is 3.94. The topological polar surface area (TPSA) is 39.6 Å². The normalized spacial score (nSPS) is 10.4. The number of hydrogen-bond donors (Lipinski definition) is 1. The minimum Gasteiger partial charge on any atom is -0.349 e. The highest BCUT2D eigenvalue weighted by Gasteiger charge is 2.17. The molecule has 18 heavy (non-hydrogen) atoms.